The topological polar surface area (TPSA) is 203 Å². The van der Waals surface area contributed by atoms with Crippen LogP contribution in [0.25, 0.3) is 21.9 Å². The lowest BCUT2D eigenvalue weighted by molar-refractivity contribution is -0.134. The summed E-state index contributed by atoms with van der Waals surface area (Å²) in [5, 5.41) is 15.3. The zero-order valence-corrected chi connectivity index (χ0v) is 45.2. The van der Waals surface area contributed by atoms with E-state index < -0.39 is 29.3 Å². The summed E-state index contributed by atoms with van der Waals surface area (Å²) in [6.45, 7) is 16.3. The van der Waals surface area contributed by atoms with Crippen LogP contribution in [0.15, 0.2) is 96.2 Å². The maximum absolute atomic E-state index is 15.1. The van der Waals surface area contributed by atoms with Crippen LogP contribution >= 0.6 is 0 Å². The van der Waals surface area contributed by atoms with Crippen LogP contribution in [-0.2, 0) is 33.8 Å². The number of hydrogen-bond donors (Lipinski definition) is 2. The van der Waals surface area contributed by atoms with E-state index in [-0.39, 0.29) is 67.0 Å². The molecule has 3 aliphatic heterocycles. The van der Waals surface area contributed by atoms with Gasteiger partial charge in [0.1, 0.15) is 18.0 Å². The molecular weight excluding hydrogens is 996 g/mol. The molecule has 20 heteroatoms. The van der Waals surface area contributed by atoms with Crippen molar-refractivity contribution < 1.29 is 33.1 Å². The van der Waals surface area contributed by atoms with Crippen molar-refractivity contribution >= 4 is 46.2 Å². The Morgan fingerprint density at radius 1 is 0.782 bits per heavy atom. The molecule has 3 saturated heterocycles. The van der Waals surface area contributed by atoms with Gasteiger partial charge in [-0.05, 0) is 88.8 Å². The highest BCUT2D eigenvalue weighted by Crippen LogP contribution is 2.28. The van der Waals surface area contributed by atoms with Gasteiger partial charge in [0.05, 0.1) is 35.1 Å². The average Bonchev–Trinajstić information content (AvgIpc) is 3.95. The van der Waals surface area contributed by atoms with Crippen LogP contribution in [0.1, 0.15) is 83.8 Å². The van der Waals surface area contributed by atoms with Gasteiger partial charge in [-0.3, -0.25) is 38.5 Å². The normalized spacial score (nSPS) is 15.8. The van der Waals surface area contributed by atoms with Gasteiger partial charge in [0, 0.05) is 120 Å². The van der Waals surface area contributed by atoms with Gasteiger partial charge in [-0.1, -0.05) is 54.1 Å². The lowest BCUT2D eigenvalue weighted by Gasteiger charge is -2.40. The van der Waals surface area contributed by atoms with E-state index in [1.54, 1.807) is 82.9 Å². The number of fused-ring (bicyclic) bond motifs is 1. The lowest BCUT2D eigenvalue weighted by Crippen LogP contribution is -2.55. The Balaban J connectivity index is 0.745. The van der Waals surface area contributed by atoms with Gasteiger partial charge in [-0.2, -0.15) is 10.2 Å². The molecule has 0 bridgehead atoms. The number of nitrogens with one attached hydrogen (secondary N) is 2. The molecule has 2 N–H and O–H groups in total. The number of carbonyl (C=O) groups is 5. The Morgan fingerprint density at radius 3 is 2.19 bits per heavy atom. The van der Waals surface area contributed by atoms with Crippen molar-refractivity contribution in [2.45, 2.75) is 72.6 Å². The average molecular weight is 1070 g/mol. The van der Waals surface area contributed by atoms with E-state index in [1.165, 1.54) is 11.0 Å². The highest BCUT2D eigenvalue weighted by atomic mass is 19.1. The predicted molar refractivity (Wildman–Crippen MR) is 293 cm³/mol. The number of carbonyl (C=O) groups excluding carboxylic acids is 5. The summed E-state index contributed by atoms with van der Waals surface area (Å²) in [6, 6.07) is 21.0. The minimum absolute atomic E-state index is 0.00162. The van der Waals surface area contributed by atoms with Crippen LogP contribution in [0.3, 0.4) is 0 Å². The fraction of sp³-hybridized carbons (Fsp3) is 0.431. The molecule has 0 saturated carbocycles. The number of piperazine rings is 2. The van der Waals surface area contributed by atoms with E-state index in [4.69, 9.17) is 4.74 Å². The molecule has 3 fully saturated rings. The quantitative estimate of drug-likeness (QED) is 0.120. The second-order valence-electron chi connectivity index (χ2n) is 21.6. The van der Waals surface area contributed by atoms with E-state index >= 15 is 4.39 Å². The zero-order chi connectivity index (χ0) is 55.1. The Kier molecular flexibility index (Phi) is 17.1. The molecule has 0 radical (unpaired) electrons. The van der Waals surface area contributed by atoms with Crippen molar-refractivity contribution in [3.8, 4) is 11.1 Å². The van der Waals surface area contributed by atoms with E-state index in [0.29, 0.717) is 72.7 Å². The van der Waals surface area contributed by atoms with E-state index in [0.717, 1.165) is 62.3 Å². The third kappa shape index (κ3) is 13.6. The van der Waals surface area contributed by atoms with Gasteiger partial charge in [0.2, 0.25) is 11.8 Å². The molecule has 0 atom stereocenters. The molecule has 0 aliphatic carbocycles. The van der Waals surface area contributed by atoms with Gasteiger partial charge >= 0.3 is 6.09 Å². The van der Waals surface area contributed by atoms with Gasteiger partial charge in [-0.25, -0.2) is 19.3 Å². The van der Waals surface area contributed by atoms with Crippen LogP contribution in [0.2, 0.25) is 0 Å². The third-order valence-electron chi connectivity index (χ3n) is 14.7. The number of aryl methyl sites for hydroxylation is 2. The van der Waals surface area contributed by atoms with Crippen LogP contribution < -0.4 is 10.9 Å². The van der Waals surface area contributed by atoms with E-state index in [2.05, 4.69) is 35.4 Å². The number of aromatic nitrogens is 5. The maximum atomic E-state index is 15.1. The molecule has 6 heterocycles. The Labute approximate surface area is 453 Å². The number of likely N-dealkylation sites (tertiary alicyclic amines) is 1. The van der Waals surface area contributed by atoms with Gasteiger partial charge in [-0.15, -0.1) is 0 Å². The summed E-state index contributed by atoms with van der Waals surface area (Å²) >= 11 is 0. The molecule has 78 heavy (non-hydrogen) atoms. The van der Waals surface area contributed by atoms with Crippen LogP contribution in [-0.4, -0.2) is 175 Å². The minimum Gasteiger partial charge on any atom is -0.444 e. The Hall–Kier alpha value is -7.84. The molecular formula is C58H69FN12O7. The van der Waals surface area contributed by atoms with Crippen molar-refractivity contribution in [3.63, 3.8) is 0 Å². The van der Waals surface area contributed by atoms with Gasteiger partial charge in [0.15, 0.2) is 5.69 Å². The molecule has 410 valence electrons. The van der Waals surface area contributed by atoms with E-state index in [9.17, 15) is 28.8 Å². The summed E-state index contributed by atoms with van der Waals surface area (Å²) in [6.07, 6.45) is 6.46. The number of ether oxygens (including phenoxy) is 1. The number of aromatic amines is 1. The SMILES string of the molecule is CCn1cc(-c2cnc(C(=O)N3CCC(CN4CCN(CC(=O)N5CCN(C(=O)c6cc(Cc7n[nH]c(=O)c8ccccc78)ccc6F)CC5)CC4)CC3)c(NC(=O)CN(Cc3cccc(C)c3)C(=O)OC(C)(C)C)c2)cn1. The fourth-order valence-electron chi connectivity index (χ4n) is 10.4. The fourth-order valence-corrected chi connectivity index (χ4v) is 10.4. The standard InChI is InChI=1S/C58H69FN12O7/c1-6-71-36-44(33-61-71)43-31-50(62-51(72)37-70(57(77)78-58(3,4)5)35-42-11-9-10-39(2)28-42)53(60-32-43)56(76)68-18-16-40(17-19-68)34-65-20-22-66(23-21-65)38-52(73)67-24-26-69(27-25-67)55(75)47-29-41(14-15-48(47)59)30-49-45-12-7-8-13-46(45)54(74)64-63-49/h7-15,28-29,31-33,36,40H,6,16-27,30,34-35,37-38H2,1-5H3,(H,62,72)(H,64,74). The first-order valence-corrected chi connectivity index (χ1v) is 26.9. The van der Waals surface area contributed by atoms with Gasteiger partial charge in [0.25, 0.3) is 17.4 Å². The molecule has 0 unspecified atom stereocenters. The second-order valence-corrected chi connectivity index (χ2v) is 21.6. The number of anilines is 1. The molecule has 19 nitrogen and oxygen atoms in total. The molecule has 9 rings (SSSR count). The highest BCUT2D eigenvalue weighted by molar-refractivity contribution is 6.04. The number of pyridine rings is 1. The van der Waals surface area contributed by atoms with Crippen molar-refractivity contribution in [3.05, 3.63) is 141 Å². The predicted octanol–water partition coefficient (Wildman–Crippen LogP) is 6.07. The van der Waals surface area contributed by atoms with Crippen molar-refractivity contribution in [2.75, 3.05) is 90.4 Å². The number of piperidine rings is 1. The van der Waals surface area contributed by atoms with Crippen LogP contribution in [0.4, 0.5) is 14.9 Å². The summed E-state index contributed by atoms with van der Waals surface area (Å²) in [5.74, 6) is -1.49. The monoisotopic (exact) mass is 1060 g/mol. The smallest absolute Gasteiger partial charge is 0.411 e. The number of nitrogens with zero attached hydrogens (tertiary/aromatic N) is 10. The number of hydrogen-bond acceptors (Lipinski definition) is 12. The van der Waals surface area contributed by atoms with Crippen molar-refractivity contribution in [1.82, 2.24) is 54.4 Å². The first-order valence-electron chi connectivity index (χ1n) is 26.9. The van der Waals surface area contributed by atoms with Crippen LogP contribution in [0.5, 0.6) is 0 Å². The largest absolute Gasteiger partial charge is 0.444 e. The second kappa shape index (κ2) is 24.2. The third-order valence-corrected chi connectivity index (χ3v) is 14.7. The van der Waals surface area contributed by atoms with Crippen molar-refractivity contribution in [2.24, 2.45) is 5.92 Å². The van der Waals surface area contributed by atoms with Crippen molar-refractivity contribution in [1.29, 1.82) is 0 Å². The summed E-state index contributed by atoms with van der Waals surface area (Å²) in [7, 11) is 0. The summed E-state index contributed by atoms with van der Waals surface area (Å²) in [5.41, 5.74) is 3.84. The number of benzene rings is 3. The lowest BCUT2D eigenvalue weighted by atomic mass is 9.95. The molecule has 3 aliphatic rings. The molecule has 6 aromatic rings. The minimum atomic E-state index is -0.788. The number of amides is 5. The first kappa shape index (κ1) is 54.9. The summed E-state index contributed by atoms with van der Waals surface area (Å²) < 4.78 is 22.6. The molecule has 3 aromatic carbocycles. The summed E-state index contributed by atoms with van der Waals surface area (Å²) in [4.78, 5) is 97.0. The van der Waals surface area contributed by atoms with E-state index in [1.807, 2.05) is 56.4 Å². The molecule has 0 spiro atoms. The Bertz CT molecular complexity index is 3220. The number of halogens is 1. The zero-order valence-electron chi connectivity index (χ0n) is 45.2. The first-order chi connectivity index (χ1) is 37.5. The molecule has 3 aromatic heterocycles. The number of H-pyrrole nitrogens is 1. The Morgan fingerprint density at radius 2 is 1.49 bits per heavy atom. The highest BCUT2D eigenvalue weighted by Gasteiger charge is 2.32. The number of rotatable bonds is 15. The van der Waals surface area contributed by atoms with Gasteiger partial charge < -0.3 is 29.7 Å². The maximum Gasteiger partial charge on any atom is 0.411 e. The molecule has 5 amide bonds. The van der Waals surface area contributed by atoms with Crippen LogP contribution in [0, 0.1) is 18.7 Å².